The number of ether oxygens (including phenoxy) is 2. The maximum atomic E-state index is 6.05. The molecule has 19 heavy (non-hydrogen) atoms. The third-order valence-electron chi connectivity index (χ3n) is 4.47. The van der Waals surface area contributed by atoms with Crippen molar-refractivity contribution in [1.82, 2.24) is 0 Å². The number of unbranched alkanes of at least 4 members (excludes halogenated alkanes) is 7. The molecule has 0 saturated carbocycles. The van der Waals surface area contributed by atoms with Gasteiger partial charge in [-0.2, -0.15) is 0 Å². The van der Waals surface area contributed by atoms with E-state index in [1.165, 1.54) is 51.4 Å². The van der Waals surface area contributed by atoms with Crippen LogP contribution in [0.25, 0.3) is 0 Å². The van der Waals surface area contributed by atoms with Gasteiger partial charge in [-0.05, 0) is 25.7 Å². The van der Waals surface area contributed by atoms with E-state index in [0.29, 0.717) is 5.92 Å². The van der Waals surface area contributed by atoms with Gasteiger partial charge in [0.15, 0.2) is 6.29 Å². The summed E-state index contributed by atoms with van der Waals surface area (Å²) in [5.41, 5.74) is -0.0647. The molecule has 1 saturated heterocycles. The van der Waals surface area contributed by atoms with Gasteiger partial charge in [-0.1, -0.05) is 65.7 Å². The second-order valence-corrected chi connectivity index (χ2v) is 6.59. The van der Waals surface area contributed by atoms with Crippen molar-refractivity contribution in [2.75, 3.05) is 6.61 Å². The van der Waals surface area contributed by atoms with E-state index in [0.717, 1.165) is 13.0 Å². The lowest BCUT2D eigenvalue weighted by Gasteiger charge is -2.26. The van der Waals surface area contributed by atoms with E-state index in [4.69, 9.17) is 9.47 Å². The molecule has 0 aromatic heterocycles. The Morgan fingerprint density at radius 3 is 2.11 bits per heavy atom. The number of hydrogen-bond acceptors (Lipinski definition) is 2. The van der Waals surface area contributed by atoms with Gasteiger partial charge in [0.25, 0.3) is 0 Å². The standard InChI is InChI=1S/C17H34O2/c1-5-6-7-8-9-10-11-12-13-16-18-14-17(4,19-16)15(2)3/h15-16H,5-14H2,1-4H3. The molecule has 2 nitrogen and oxygen atoms in total. The highest BCUT2D eigenvalue weighted by Crippen LogP contribution is 2.31. The maximum Gasteiger partial charge on any atom is 0.158 e. The lowest BCUT2D eigenvalue weighted by Crippen LogP contribution is -2.34. The summed E-state index contributed by atoms with van der Waals surface area (Å²) in [5, 5.41) is 0. The largest absolute Gasteiger partial charge is 0.350 e. The second-order valence-electron chi connectivity index (χ2n) is 6.59. The number of hydrogen-bond donors (Lipinski definition) is 0. The summed E-state index contributed by atoms with van der Waals surface area (Å²) in [5.74, 6) is 0.524. The predicted octanol–water partition coefficient (Wildman–Crippen LogP) is 5.30. The summed E-state index contributed by atoms with van der Waals surface area (Å²) < 4.78 is 11.8. The van der Waals surface area contributed by atoms with Gasteiger partial charge in [0.2, 0.25) is 0 Å². The molecule has 1 aliphatic heterocycles. The summed E-state index contributed by atoms with van der Waals surface area (Å²) in [6.07, 6.45) is 12.0. The smallest absolute Gasteiger partial charge is 0.158 e. The Bertz CT molecular complexity index is 227. The topological polar surface area (TPSA) is 18.5 Å². The van der Waals surface area contributed by atoms with Crippen LogP contribution in [0.3, 0.4) is 0 Å². The van der Waals surface area contributed by atoms with E-state index in [9.17, 15) is 0 Å². The summed E-state index contributed by atoms with van der Waals surface area (Å²) in [6, 6.07) is 0. The second kappa shape index (κ2) is 8.97. The Morgan fingerprint density at radius 1 is 1.00 bits per heavy atom. The first-order chi connectivity index (χ1) is 9.08. The summed E-state index contributed by atoms with van der Waals surface area (Å²) in [4.78, 5) is 0. The third kappa shape index (κ3) is 6.27. The molecular weight excluding hydrogens is 236 g/mol. The molecule has 1 aliphatic rings. The van der Waals surface area contributed by atoms with Crippen molar-refractivity contribution < 1.29 is 9.47 Å². The van der Waals surface area contributed by atoms with Crippen molar-refractivity contribution in [2.24, 2.45) is 5.92 Å². The van der Waals surface area contributed by atoms with E-state index >= 15 is 0 Å². The maximum absolute atomic E-state index is 6.05. The molecule has 2 atom stereocenters. The Labute approximate surface area is 120 Å². The van der Waals surface area contributed by atoms with Crippen LogP contribution in [0, 0.1) is 5.92 Å². The molecule has 0 aromatic rings. The van der Waals surface area contributed by atoms with Crippen LogP contribution in [-0.2, 0) is 9.47 Å². The van der Waals surface area contributed by atoms with Crippen LogP contribution in [0.4, 0.5) is 0 Å². The van der Waals surface area contributed by atoms with Crippen LogP contribution in [0.2, 0.25) is 0 Å². The molecular formula is C17H34O2. The molecule has 0 aromatic carbocycles. The summed E-state index contributed by atoms with van der Waals surface area (Å²) in [7, 11) is 0. The Morgan fingerprint density at radius 2 is 1.58 bits per heavy atom. The van der Waals surface area contributed by atoms with Gasteiger partial charge in [-0.25, -0.2) is 0 Å². The molecule has 1 fully saturated rings. The molecule has 0 spiro atoms. The summed E-state index contributed by atoms with van der Waals surface area (Å²) >= 11 is 0. The van der Waals surface area contributed by atoms with Crippen LogP contribution in [-0.4, -0.2) is 18.5 Å². The van der Waals surface area contributed by atoms with E-state index in [-0.39, 0.29) is 11.9 Å². The molecule has 114 valence electrons. The van der Waals surface area contributed by atoms with Crippen LogP contribution in [0.15, 0.2) is 0 Å². The first-order valence-electron chi connectivity index (χ1n) is 8.38. The Hall–Kier alpha value is -0.0800. The van der Waals surface area contributed by atoms with Crippen molar-refractivity contribution >= 4 is 0 Å². The summed E-state index contributed by atoms with van der Waals surface area (Å²) in [6.45, 7) is 9.62. The van der Waals surface area contributed by atoms with Crippen LogP contribution >= 0.6 is 0 Å². The quantitative estimate of drug-likeness (QED) is 0.501. The first kappa shape index (κ1) is 17.0. The fourth-order valence-corrected chi connectivity index (χ4v) is 2.52. The fraction of sp³-hybridized carbons (Fsp3) is 1.00. The van der Waals surface area contributed by atoms with Gasteiger partial charge in [-0.3, -0.25) is 0 Å². The predicted molar refractivity (Wildman–Crippen MR) is 81.3 cm³/mol. The Kier molecular flexibility index (Phi) is 8.01. The Balaban J connectivity index is 1.96. The first-order valence-corrected chi connectivity index (χ1v) is 8.38. The zero-order chi connectivity index (χ0) is 14.1. The lowest BCUT2D eigenvalue weighted by atomic mass is 9.94. The molecule has 0 radical (unpaired) electrons. The minimum atomic E-state index is -0.0647. The molecule has 0 bridgehead atoms. The van der Waals surface area contributed by atoms with Crippen molar-refractivity contribution in [3.63, 3.8) is 0 Å². The molecule has 0 aliphatic carbocycles. The molecule has 0 amide bonds. The van der Waals surface area contributed by atoms with E-state index < -0.39 is 0 Å². The SMILES string of the molecule is CCCCCCCCCCC1OCC(C)(C(C)C)O1. The van der Waals surface area contributed by atoms with Crippen molar-refractivity contribution in [3.05, 3.63) is 0 Å². The average Bonchev–Trinajstić information content (AvgIpc) is 2.76. The van der Waals surface area contributed by atoms with Crippen LogP contribution < -0.4 is 0 Å². The zero-order valence-corrected chi connectivity index (χ0v) is 13.5. The van der Waals surface area contributed by atoms with Crippen LogP contribution in [0.1, 0.15) is 85.5 Å². The third-order valence-corrected chi connectivity index (χ3v) is 4.47. The van der Waals surface area contributed by atoms with E-state index in [2.05, 4.69) is 27.7 Å². The molecule has 2 heteroatoms. The molecule has 1 heterocycles. The van der Waals surface area contributed by atoms with E-state index in [1.807, 2.05) is 0 Å². The minimum absolute atomic E-state index is 0.0486. The normalized spacial score (nSPS) is 27.3. The van der Waals surface area contributed by atoms with Gasteiger partial charge in [0, 0.05) is 0 Å². The van der Waals surface area contributed by atoms with Crippen molar-refractivity contribution in [1.29, 1.82) is 0 Å². The monoisotopic (exact) mass is 270 g/mol. The lowest BCUT2D eigenvalue weighted by molar-refractivity contribution is -0.101. The van der Waals surface area contributed by atoms with Gasteiger partial charge in [-0.15, -0.1) is 0 Å². The highest BCUT2D eigenvalue weighted by atomic mass is 16.7. The molecule has 2 unspecified atom stereocenters. The highest BCUT2D eigenvalue weighted by molar-refractivity contribution is 4.83. The zero-order valence-electron chi connectivity index (χ0n) is 13.5. The van der Waals surface area contributed by atoms with Crippen molar-refractivity contribution in [3.8, 4) is 0 Å². The van der Waals surface area contributed by atoms with Gasteiger partial charge >= 0.3 is 0 Å². The number of rotatable bonds is 10. The van der Waals surface area contributed by atoms with Gasteiger partial charge in [0.05, 0.1) is 12.2 Å². The van der Waals surface area contributed by atoms with E-state index in [1.54, 1.807) is 0 Å². The van der Waals surface area contributed by atoms with Crippen LogP contribution in [0.5, 0.6) is 0 Å². The molecule has 0 N–H and O–H groups in total. The highest BCUT2D eigenvalue weighted by Gasteiger charge is 2.39. The van der Waals surface area contributed by atoms with Crippen molar-refractivity contribution in [2.45, 2.75) is 97.4 Å². The van der Waals surface area contributed by atoms with Gasteiger partial charge in [0.1, 0.15) is 0 Å². The average molecular weight is 270 g/mol. The molecule has 1 rings (SSSR count). The minimum Gasteiger partial charge on any atom is -0.350 e. The van der Waals surface area contributed by atoms with Gasteiger partial charge < -0.3 is 9.47 Å². The fourth-order valence-electron chi connectivity index (χ4n) is 2.52.